The molecule has 0 amide bonds. The van der Waals surface area contributed by atoms with E-state index in [2.05, 4.69) is 9.97 Å². The van der Waals surface area contributed by atoms with Crippen molar-refractivity contribution in [3.8, 4) is 17.1 Å². The molecule has 0 aliphatic rings. The van der Waals surface area contributed by atoms with E-state index >= 15 is 0 Å². The quantitative estimate of drug-likeness (QED) is 0.648. The van der Waals surface area contributed by atoms with Gasteiger partial charge in [-0.1, -0.05) is 30.3 Å². The van der Waals surface area contributed by atoms with Gasteiger partial charge < -0.3 is 10.1 Å². The molecule has 0 aliphatic carbocycles. The highest BCUT2D eigenvalue weighted by atomic mass is 16.3. The summed E-state index contributed by atoms with van der Waals surface area (Å²) in [5.74, 6) is 0.933. The highest BCUT2D eigenvalue weighted by Crippen LogP contribution is 2.33. The Morgan fingerprint density at radius 2 is 1.94 bits per heavy atom. The van der Waals surface area contributed by atoms with E-state index in [1.54, 1.807) is 18.5 Å². The van der Waals surface area contributed by atoms with Crippen LogP contribution in [0.1, 0.15) is 0 Å². The van der Waals surface area contributed by atoms with E-state index < -0.39 is 0 Å². The minimum absolute atomic E-state index is 0.244. The van der Waals surface area contributed by atoms with E-state index in [0.717, 1.165) is 16.3 Å². The summed E-state index contributed by atoms with van der Waals surface area (Å²) < 4.78 is 0. The topological polar surface area (TPSA) is 48.9 Å². The van der Waals surface area contributed by atoms with Crippen molar-refractivity contribution in [2.45, 2.75) is 0 Å². The molecule has 78 valence electrons. The van der Waals surface area contributed by atoms with Gasteiger partial charge in [0.05, 0.1) is 5.56 Å². The average molecular weight is 210 g/mol. The lowest BCUT2D eigenvalue weighted by atomic mass is 10.0. The first kappa shape index (κ1) is 8.97. The maximum absolute atomic E-state index is 9.92. The van der Waals surface area contributed by atoms with Crippen LogP contribution >= 0.6 is 0 Å². The summed E-state index contributed by atoms with van der Waals surface area (Å²) in [6.07, 6.45) is 3.42. The summed E-state index contributed by atoms with van der Waals surface area (Å²) >= 11 is 0. The number of fused-ring (bicyclic) bond motifs is 1. The molecule has 3 rings (SSSR count). The van der Waals surface area contributed by atoms with Crippen molar-refractivity contribution < 1.29 is 5.11 Å². The number of phenols is 1. The summed E-state index contributed by atoms with van der Waals surface area (Å²) in [5.41, 5.74) is 0.753. The summed E-state index contributed by atoms with van der Waals surface area (Å²) in [6.45, 7) is 0. The van der Waals surface area contributed by atoms with Crippen LogP contribution in [0.5, 0.6) is 5.75 Å². The van der Waals surface area contributed by atoms with Crippen LogP contribution < -0.4 is 0 Å². The molecule has 3 aromatic rings. The number of nitrogens with one attached hydrogen (secondary N) is 1. The van der Waals surface area contributed by atoms with Crippen LogP contribution in [0.4, 0.5) is 0 Å². The molecule has 1 aromatic heterocycles. The molecule has 3 heteroatoms. The van der Waals surface area contributed by atoms with Crippen molar-refractivity contribution in [1.82, 2.24) is 9.97 Å². The number of nitrogens with zero attached hydrogens (tertiary/aromatic N) is 1. The van der Waals surface area contributed by atoms with Crippen LogP contribution in [-0.2, 0) is 0 Å². The number of aromatic nitrogens is 2. The number of imidazole rings is 1. The third kappa shape index (κ3) is 1.26. The van der Waals surface area contributed by atoms with Crippen molar-refractivity contribution in [3.63, 3.8) is 0 Å². The van der Waals surface area contributed by atoms with Gasteiger partial charge in [-0.05, 0) is 16.8 Å². The monoisotopic (exact) mass is 210 g/mol. The molecule has 2 N–H and O–H groups in total. The summed E-state index contributed by atoms with van der Waals surface area (Å²) in [7, 11) is 0. The molecular formula is C13H10N2O. The molecule has 0 fully saturated rings. The zero-order valence-electron chi connectivity index (χ0n) is 8.51. The number of aromatic amines is 1. The van der Waals surface area contributed by atoms with Crippen molar-refractivity contribution in [2.75, 3.05) is 0 Å². The number of H-pyrrole nitrogens is 1. The Labute approximate surface area is 92.4 Å². The number of hydrogen-bond donors (Lipinski definition) is 2. The van der Waals surface area contributed by atoms with Crippen molar-refractivity contribution >= 4 is 10.8 Å². The second kappa shape index (κ2) is 3.38. The summed E-state index contributed by atoms with van der Waals surface area (Å²) in [4.78, 5) is 7.20. The first-order valence-electron chi connectivity index (χ1n) is 5.07. The van der Waals surface area contributed by atoms with Gasteiger partial charge in [0.1, 0.15) is 11.6 Å². The van der Waals surface area contributed by atoms with E-state index in [-0.39, 0.29) is 5.75 Å². The standard InChI is InChI=1S/C13H10N2O/c16-11-6-5-9-3-1-2-4-10(9)12(11)13-14-7-8-15-13/h1-8,16H,(H,14,15). The average Bonchev–Trinajstić information content (AvgIpc) is 2.82. The molecular weight excluding hydrogens is 200 g/mol. The largest absolute Gasteiger partial charge is 0.507 e. The van der Waals surface area contributed by atoms with Gasteiger partial charge in [-0.25, -0.2) is 4.98 Å². The first-order valence-corrected chi connectivity index (χ1v) is 5.07. The molecule has 0 atom stereocenters. The lowest BCUT2D eigenvalue weighted by molar-refractivity contribution is 0.477. The number of hydrogen-bond acceptors (Lipinski definition) is 2. The lowest BCUT2D eigenvalue weighted by Gasteiger charge is -2.06. The Hall–Kier alpha value is -2.29. The van der Waals surface area contributed by atoms with E-state index in [0.29, 0.717) is 5.82 Å². The van der Waals surface area contributed by atoms with Crippen molar-refractivity contribution in [2.24, 2.45) is 0 Å². The molecule has 0 saturated carbocycles. The molecule has 0 radical (unpaired) electrons. The minimum Gasteiger partial charge on any atom is -0.507 e. The molecule has 2 aromatic carbocycles. The molecule has 0 spiro atoms. The Kier molecular flexibility index (Phi) is 1.90. The van der Waals surface area contributed by atoms with Crippen LogP contribution in [0.15, 0.2) is 48.8 Å². The smallest absolute Gasteiger partial charge is 0.141 e. The van der Waals surface area contributed by atoms with Crippen molar-refractivity contribution in [3.05, 3.63) is 48.8 Å². The van der Waals surface area contributed by atoms with Gasteiger partial charge in [-0.2, -0.15) is 0 Å². The molecule has 0 bridgehead atoms. The zero-order valence-corrected chi connectivity index (χ0v) is 8.51. The molecule has 3 nitrogen and oxygen atoms in total. The second-order valence-corrected chi connectivity index (χ2v) is 3.62. The van der Waals surface area contributed by atoms with Crippen LogP contribution in [0.25, 0.3) is 22.2 Å². The highest BCUT2D eigenvalue weighted by molar-refractivity contribution is 5.97. The number of benzene rings is 2. The van der Waals surface area contributed by atoms with Crippen LogP contribution in [0.3, 0.4) is 0 Å². The fourth-order valence-corrected chi connectivity index (χ4v) is 1.91. The number of rotatable bonds is 1. The van der Waals surface area contributed by atoms with E-state index in [9.17, 15) is 5.11 Å². The molecule has 0 aliphatic heterocycles. The van der Waals surface area contributed by atoms with Gasteiger partial charge in [0.15, 0.2) is 0 Å². The summed E-state index contributed by atoms with van der Waals surface area (Å²) in [5, 5.41) is 12.0. The first-order chi connectivity index (χ1) is 7.86. The van der Waals surface area contributed by atoms with E-state index in [1.165, 1.54) is 0 Å². The molecule has 1 heterocycles. The Balaban J connectivity index is 2.42. The molecule has 0 saturated heterocycles. The SMILES string of the molecule is Oc1ccc2ccccc2c1-c1ncc[nH]1. The van der Waals surface area contributed by atoms with E-state index in [4.69, 9.17) is 0 Å². The molecule has 16 heavy (non-hydrogen) atoms. The van der Waals surface area contributed by atoms with Crippen LogP contribution in [0.2, 0.25) is 0 Å². The minimum atomic E-state index is 0.244. The van der Waals surface area contributed by atoms with E-state index in [1.807, 2.05) is 30.3 Å². The van der Waals surface area contributed by atoms with Crippen molar-refractivity contribution in [1.29, 1.82) is 0 Å². The lowest BCUT2D eigenvalue weighted by Crippen LogP contribution is -1.84. The third-order valence-corrected chi connectivity index (χ3v) is 2.64. The maximum Gasteiger partial charge on any atom is 0.141 e. The fraction of sp³-hybridized carbons (Fsp3) is 0. The van der Waals surface area contributed by atoms with Gasteiger partial charge in [0, 0.05) is 12.4 Å². The Morgan fingerprint density at radius 1 is 1.06 bits per heavy atom. The van der Waals surface area contributed by atoms with Gasteiger partial charge >= 0.3 is 0 Å². The van der Waals surface area contributed by atoms with Gasteiger partial charge in [0.25, 0.3) is 0 Å². The third-order valence-electron chi connectivity index (χ3n) is 2.64. The Morgan fingerprint density at radius 3 is 2.75 bits per heavy atom. The van der Waals surface area contributed by atoms with Gasteiger partial charge in [0.2, 0.25) is 0 Å². The Bertz CT molecular complexity index is 629. The maximum atomic E-state index is 9.92. The van der Waals surface area contributed by atoms with Gasteiger partial charge in [-0.15, -0.1) is 0 Å². The zero-order chi connectivity index (χ0) is 11.0. The number of phenolic OH excluding ortho intramolecular Hbond substituents is 1. The van der Waals surface area contributed by atoms with Crippen LogP contribution in [-0.4, -0.2) is 15.1 Å². The molecule has 0 unspecified atom stereocenters. The second-order valence-electron chi connectivity index (χ2n) is 3.62. The van der Waals surface area contributed by atoms with Gasteiger partial charge in [-0.3, -0.25) is 0 Å². The predicted octanol–water partition coefficient (Wildman–Crippen LogP) is 2.94. The predicted molar refractivity (Wildman–Crippen MR) is 63.2 cm³/mol. The summed E-state index contributed by atoms with van der Waals surface area (Å²) in [6, 6.07) is 11.5. The number of aromatic hydroxyl groups is 1. The fourth-order valence-electron chi connectivity index (χ4n) is 1.91. The highest BCUT2D eigenvalue weighted by Gasteiger charge is 2.10. The van der Waals surface area contributed by atoms with Crippen LogP contribution in [0, 0.1) is 0 Å². The normalized spacial score (nSPS) is 10.8.